The van der Waals surface area contributed by atoms with Crippen molar-refractivity contribution in [3.05, 3.63) is 23.9 Å². The number of aliphatic hydroxyl groups is 1. The maximum Gasteiger partial charge on any atom is 0.316 e. The van der Waals surface area contributed by atoms with E-state index in [4.69, 9.17) is 5.73 Å². The molecule has 0 saturated heterocycles. The van der Waals surface area contributed by atoms with E-state index in [-0.39, 0.29) is 0 Å². The maximum absolute atomic E-state index is 10.4. The van der Waals surface area contributed by atoms with Gasteiger partial charge in [0.25, 0.3) is 0 Å². The topological polar surface area (TPSA) is 75.3 Å². The Bertz CT molecular complexity index is 262. The van der Waals surface area contributed by atoms with Crippen LogP contribution < -0.4 is 11.1 Å². The molecule has 0 aromatic carbocycles. The summed E-state index contributed by atoms with van der Waals surface area (Å²) in [5, 5.41) is 11.9. The summed E-state index contributed by atoms with van der Waals surface area (Å²) in [5.41, 5.74) is 5.00. The molecule has 4 N–H and O–H groups in total. The van der Waals surface area contributed by atoms with Crippen LogP contribution in [-0.2, 0) is 0 Å². The minimum absolute atomic E-state index is 0.561. The number of carbonyl (C=O) groups excluding carboxylic acids is 1. The van der Waals surface area contributed by atoms with Crippen molar-refractivity contribution in [1.29, 1.82) is 0 Å². The van der Waals surface area contributed by atoms with Crippen LogP contribution in [0.3, 0.4) is 0 Å². The summed E-state index contributed by atoms with van der Waals surface area (Å²) in [6.45, 7) is 5.30. The third kappa shape index (κ3) is 10.6. The standard InChI is InChI=1S/C11H20N2O2/c1-9(13-10(12)14)7-5-4-6-8-11(2,3)15/h4-5,7,15H,6,8H2,1-3H3,(H3,12,13,14)/b5-4-,9-7+. The molecule has 86 valence electrons. The van der Waals surface area contributed by atoms with E-state index in [9.17, 15) is 9.90 Å². The van der Waals surface area contributed by atoms with Crippen molar-refractivity contribution in [3.63, 3.8) is 0 Å². The van der Waals surface area contributed by atoms with Crippen LogP contribution in [0.15, 0.2) is 23.9 Å². The first-order chi connectivity index (χ1) is 6.81. The molecule has 0 atom stereocenters. The zero-order chi connectivity index (χ0) is 11.9. The van der Waals surface area contributed by atoms with Crippen molar-refractivity contribution in [3.8, 4) is 0 Å². The van der Waals surface area contributed by atoms with Gasteiger partial charge in [0, 0.05) is 5.70 Å². The average molecular weight is 212 g/mol. The molecular weight excluding hydrogens is 192 g/mol. The second kappa shape index (κ2) is 6.24. The molecule has 0 spiro atoms. The second-order valence-electron chi connectivity index (χ2n) is 4.12. The van der Waals surface area contributed by atoms with E-state index in [1.165, 1.54) is 0 Å². The van der Waals surface area contributed by atoms with Crippen molar-refractivity contribution in [2.75, 3.05) is 0 Å². The van der Waals surface area contributed by atoms with Crippen LogP contribution in [0.2, 0.25) is 0 Å². The van der Waals surface area contributed by atoms with Crippen LogP contribution in [0.5, 0.6) is 0 Å². The molecule has 0 unspecified atom stereocenters. The first-order valence-electron chi connectivity index (χ1n) is 4.93. The van der Waals surface area contributed by atoms with E-state index in [0.29, 0.717) is 12.1 Å². The summed E-state index contributed by atoms with van der Waals surface area (Å²) in [6, 6.07) is -0.561. The van der Waals surface area contributed by atoms with Crippen LogP contribution in [0.1, 0.15) is 33.6 Å². The predicted octanol–water partition coefficient (Wildman–Crippen LogP) is 1.67. The van der Waals surface area contributed by atoms with Crippen molar-refractivity contribution < 1.29 is 9.90 Å². The maximum atomic E-state index is 10.4. The minimum Gasteiger partial charge on any atom is -0.390 e. The smallest absolute Gasteiger partial charge is 0.316 e. The van der Waals surface area contributed by atoms with Crippen molar-refractivity contribution in [2.45, 2.75) is 39.2 Å². The number of nitrogens with one attached hydrogen (secondary N) is 1. The van der Waals surface area contributed by atoms with Gasteiger partial charge in [-0.15, -0.1) is 0 Å². The summed E-state index contributed by atoms with van der Waals surface area (Å²) in [6.07, 6.45) is 7.03. The van der Waals surface area contributed by atoms with Crippen LogP contribution in [-0.4, -0.2) is 16.7 Å². The summed E-state index contributed by atoms with van der Waals surface area (Å²) < 4.78 is 0. The summed E-state index contributed by atoms with van der Waals surface area (Å²) in [4.78, 5) is 10.4. The molecule has 15 heavy (non-hydrogen) atoms. The number of urea groups is 1. The highest BCUT2D eigenvalue weighted by molar-refractivity contribution is 5.73. The van der Waals surface area contributed by atoms with E-state index in [0.717, 1.165) is 6.42 Å². The lowest BCUT2D eigenvalue weighted by molar-refractivity contribution is 0.0721. The number of nitrogens with two attached hydrogens (primary N) is 1. The first kappa shape index (κ1) is 13.7. The van der Waals surface area contributed by atoms with Crippen LogP contribution in [0.4, 0.5) is 4.79 Å². The third-order valence-corrected chi connectivity index (χ3v) is 1.73. The molecule has 0 aliphatic carbocycles. The number of hydrogen-bond acceptors (Lipinski definition) is 2. The van der Waals surface area contributed by atoms with Crippen molar-refractivity contribution in [1.82, 2.24) is 5.32 Å². The van der Waals surface area contributed by atoms with Gasteiger partial charge in [0.2, 0.25) is 0 Å². The van der Waals surface area contributed by atoms with Crippen LogP contribution >= 0.6 is 0 Å². The molecule has 0 aromatic rings. The van der Waals surface area contributed by atoms with Gasteiger partial charge in [0.1, 0.15) is 0 Å². The lowest BCUT2D eigenvalue weighted by Crippen LogP contribution is -2.27. The fraction of sp³-hybridized carbons (Fsp3) is 0.545. The monoisotopic (exact) mass is 212 g/mol. The van der Waals surface area contributed by atoms with E-state index in [1.54, 1.807) is 26.8 Å². The summed E-state index contributed by atoms with van der Waals surface area (Å²) in [5.74, 6) is 0. The molecule has 0 bridgehead atoms. The van der Waals surface area contributed by atoms with E-state index < -0.39 is 11.6 Å². The van der Waals surface area contributed by atoms with Gasteiger partial charge in [-0.1, -0.05) is 12.2 Å². The number of carbonyl (C=O) groups is 1. The van der Waals surface area contributed by atoms with Gasteiger partial charge in [-0.05, 0) is 39.7 Å². The lowest BCUT2D eigenvalue weighted by Gasteiger charge is -2.14. The molecule has 0 radical (unpaired) electrons. The zero-order valence-corrected chi connectivity index (χ0v) is 9.58. The summed E-state index contributed by atoms with van der Waals surface area (Å²) in [7, 11) is 0. The van der Waals surface area contributed by atoms with Gasteiger partial charge in [0.05, 0.1) is 5.60 Å². The molecule has 0 rings (SSSR count). The largest absolute Gasteiger partial charge is 0.390 e. The van der Waals surface area contributed by atoms with E-state index in [1.807, 2.05) is 12.2 Å². The van der Waals surface area contributed by atoms with Gasteiger partial charge < -0.3 is 16.2 Å². The number of hydrogen-bond donors (Lipinski definition) is 3. The quantitative estimate of drug-likeness (QED) is 0.606. The van der Waals surface area contributed by atoms with Gasteiger partial charge >= 0.3 is 6.03 Å². The second-order valence-corrected chi connectivity index (χ2v) is 4.12. The van der Waals surface area contributed by atoms with Crippen molar-refractivity contribution in [2.24, 2.45) is 5.73 Å². The molecule has 0 aliphatic heterocycles. The van der Waals surface area contributed by atoms with Gasteiger partial charge in [-0.2, -0.15) is 0 Å². The molecule has 0 aromatic heterocycles. The van der Waals surface area contributed by atoms with Gasteiger partial charge in [-0.25, -0.2) is 4.79 Å². The number of allylic oxidation sites excluding steroid dienone is 4. The Morgan fingerprint density at radius 2 is 2.13 bits per heavy atom. The molecule has 4 heteroatoms. The molecule has 0 heterocycles. The Morgan fingerprint density at radius 1 is 1.53 bits per heavy atom. The van der Waals surface area contributed by atoms with Crippen molar-refractivity contribution >= 4 is 6.03 Å². The normalized spacial score (nSPS) is 13.2. The highest BCUT2D eigenvalue weighted by Gasteiger charge is 2.09. The van der Waals surface area contributed by atoms with E-state index in [2.05, 4.69) is 5.32 Å². The van der Waals surface area contributed by atoms with Gasteiger partial charge in [0.15, 0.2) is 0 Å². The Hall–Kier alpha value is -1.29. The van der Waals surface area contributed by atoms with Crippen LogP contribution in [0.25, 0.3) is 0 Å². The third-order valence-electron chi connectivity index (χ3n) is 1.73. The highest BCUT2D eigenvalue weighted by Crippen LogP contribution is 2.10. The Kier molecular flexibility index (Phi) is 5.70. The highest BCUT2D eigenvalue weighted by atomic mass is 16.3. The van der Waals surface area contributed by atoms with Crippen LogP contribution in [0, 0.1) is 0 Å². The summed E-state index contributed by atoms with van der Waals surface area (Å²) >= 11 is 0. The molecular formula is C11H20N2O2. The average Bonchev–Trinajstić information content (AvgIpc) is 1.99. The SMILES string of the molecule is C/C(=C\C=C/CCC(C)(C)O)NC(N)=O. The number of amides is 2. The number of rotatable bonds is 5. The minimum atomic E-state index is -0.630. The molecule has 4 nitrogen and oxygen atoms in total. The Balaban J connectivity index is 3.84. The number of primary amides is 1. The first-order valence-corrected chi connectivity index (χ1v) is 4.93. The van der Waals surface area contributed by atoms with Gasteiger partial charge in [-0.3, -0.25) is 0 Å². The molecule has 2 amide bonds. The fourth-order valence-electron chi connectivity index (χ4n) is 0.981. The lowest BCUT2D eigenvalue weighted by atomic mass is 10.0. The predicted molar refractivity (Wildman–Crippen MR) is 61.1 cm³/mol. The molecule has 0 saturated carbocycles. The zero-order valence-electron chi connectivity index (χ0n) is 9.58. The Labute approximate surface area is 90.9 Å². The van der Waals surface area contributed by atoms with E-state index >= 15 is 0 Å². The fourth-order valence-corrected chi connectivity index (χ4v) is 0.981. The molecule has 0 fully saturated rings. The molecule has 0 aliphatic rings. The Morgan fingerprint density at radius 3 is 2.60 bits per heavy atom.